The van der Waals surface area contributed by atoms with Gasteiger partial charge in [-0.2, -0.15) is 0 Å². The van der Waals surface area contributed by atoms with Crippen molar-refractivity contribution < 1.29 is 0 Å². The van der Waals surface area contributed by atoms with Gasteiger partial charge in [-0.05, 0) is 43.0 Å². The van der Waals surface area contributed by atoms with E-state index in [9.17, 15) is 4.79 Å². The highest BCUT2D eigenvalue weighted by molar-refractivity contribution is 7.18. The van der Waals surface area contributed by atoms with Crippen LogP contribution in [-0.4, -0.2) is 9.55 Å². The van der Waals surface area contributed by atoms with E-state index in [1.807, 2.05) is 10.6 Å². The maximum Gasteiger partial charge on any atom is 0.262 e. The van der Waals surface area contributed by atoms with Crippen molar-refractivity contribution in [3.05, 3.63) is 62.5 Å². The van der Waals surface area contributed by atoms with E-state index >= 15 is 0 Å². The Hall–Kier alpha value is -2.20. The summed E-state index contributed by atoms with van der Waals surface area (Å²) in [5.41, 5.74) is 3.67. The molecule has 0 saturated heterocycles. The van der Waals surface area contributed by atoms with Crippen LogP contribution in [0.1, 0.15) is 35.2 Å². The maximum atomic E-state index is 12.7. The minimum absolute atomic E-state index is 0.105. The number of thiophene rings is 1. The van der Waals surface area contributed by atoms with E-state index in [4.69, 9.17) is 4.98 Å². The summed E-state index contributed by atoms with van der Waals surface area (Å²) in [5, 5.41) is 0.771. The number of aryl methyl sites for hydroxylation is 2. The molecule has 3 aromatic rings. The van der Waals surface area contributed by atoms with Crippen molar-refractivity contribution in [3.8, 4) is 0 Å². The Labute approximate surface area is 138 Å². The van der Waals surface area contributed by atoms with E-state index in [-0.39, 0.29) is 5.56 Å². The number of hydrogen-bond acceptors (Lipinski definition) is 3. The molecule has 1 aliphatic rings. The first-order chi connectivity index (χ1) is 11.2. The zero-order valence-corrected chi connectivity index (χ0v) is 14.1. The number of hydrogen-bond donors (Lipinski definition) is 0. The van der Waals surface area contributed by atoms with Crippen LogP contribution in [0.5, 0.6) is 0 Å². The smallest absolute Gasteiger partial charge is 0.262 e. The predicted octanol–water partition coefficient (Wildman–Crippen LogP) is 4.27. The Kier molecular flexibility index (Phi) is 3.42. The first kappa shape index (κ1) is 14.4. The molecule has 0 unspecified atom stereocenters. The number of rotatable bonds is 2. The highest BCUT2D eigenvalue weighted by atomic mass is 32.1. The second-order valence-corrected chi connectivity index (χ2v) is 7.13. The fourth-order valence-corrected chi connectivity index (χ4v) is 4.09. The maximum absolute atomic E-state index is 12.7. The average Bonchev–Trinajstić information content (AvgIpc) is 3.13. The number of allylic oxidation sites excluding steroid dienone is 1. The van der Waals surface area contributed by atoms with Crippen molar-refractivity contribution in [1.29, 1.82) is 0 Å². The molecule has 0 bridgehead atoms. The van der Waals surface area contributed by atoms with Crippen LogP contribution in [0.3, 0.4) is 0 Å². The standard InChI is InChI=1S/C19H18N2OS/c1-3-15-11-16-18(23-15)20-17-14(7-8-21(17)19(16)22)10-13-6-4-5-12(2)9-13/h4-6,9-11H,3,7-8H2,1-2H3/b14-10-. The van der Waals surface area contributed by atoms with Crippen molar-refractivity contribution in [2.45, 2.75) is 33.2 Å². The van der Waals surface area contributed by atoms with Gasteiger partial charge in [-0.3, -0.25) is 9.36 Å². The van der Waals surface area contributed by atoms with Gasteiger partial charge in [-0.1, -0.05) is 36.8 Å². The zero-order valence-electron chi connectivity index (χ0n) is 13.3. The van der Waals surface area contributed by atoms with Crippen LogP contribution in [0, 0.1) is 6.92 Å². The van der Waals surface area contributed by atoms with Gasteiger partial charge in [0.2, 0.25) is 0 Å². The third-order valence-corrected chi connectivity index (χ3v) is 5.50. The van der Waals surface area contributed by atoms with Gasteiger partial charge in [0.05, 0.1) is 5.39 Å². The largest absolute Gasteiger partial charge is 0.292 e. The van der Waals surface area contributed by atoms with E-state index in [0.717, 1.165) is 41.0 Å². The molecule has 3 nitrogen and oxygen atoms in total. The number of fused-ring (bicyclic) bond motifs is 2. The second kappa shape index (κ2) is 5.46. The Bertz CT molecular complexity index is 994. The summed E-state index contributed by atoms with van der Waals surface area (Å²) in [5.74, 6) is 0.841. The molecule has 0 aliphatic carbocycles. The highest BCUT2D eigenvalue weighted by Crippen LogP contribution is 2.30. The van der Waals surface area contributed by atoms with Crippen molar-refractivity contribution in [2.24, 2.45) is 0 Å². The van der Waals surface area contributed by atoms with Crippen molar-refractivity contribution in [3.63, 3.8) is 0 Å². The van der Waals surface area contributed by atoms with Gasteiger partial charge in [-0.25, -0.2) is 4.98 Å². The Morgan fingerprint density at radius 1 is 1.35 bits per heavy atom. The molecule has 4 heteroatoms. The molecule has 116 valence electrons. The van der Waals surface area contributed by atoms with E-state index < -0.39 is 0 Å². The lowest BCUT2D eigenvalue weighted by atomic mass is 10.1. The summed E-state index contributed by atoms with van der Waals surface area (Å²) >= 11 is 1.64. The molecule has 1 aromatic carbocycles. The molecule has 0 fully saturated rings. The predicted molar refractivity (Wildman–Crippen MR) is 96.9 cm³/mol. The van der Waals surface area contributed by atoms with Crippen molar-refractivity contribution in [2.75, 3.05) is 0 Å². The molecule has 0 spiro atoms. The minimum atomic E-state index is 0.105. The number of benzene rings is 1. The summed E-state index contributed by atoms with van der Waals surface area (Å²) in [7, 11) is 0. The third-order valence-electron chi connectivity index (χ3n) is 4.33. The molecule has 3 heterocycles. The summed E-state index contributed by atoms with van der Waals surface area (Å²) in [6.07, 6.45) is 3.98. The normalized spacial score (nSPS) is 15.5. The Morgan fingerprint density at radius 3 is 3.00 bits per heavy atom. The van der Waals surface area contributed by atoms with E-state index in [2.05, 4.69) is 44.2 Å². The molecular formula is C19H18N2OS. The summed E-state index contributed by atoms with van der Waals surface area (Å²) < 4.78 is 1.83. The van der Waals surface area contributed by atoms with Crippen LogP contribution < -0.4 is 5.56 Å². The minimum Gasteiger partial charge on any atom is -0.292 e. The lowest BCUT2D eigenvalue weighted by Crippen LogP contribution is -2.19. The van der Waals surface area contributed by atoms with Gasteiger partial charge >= 0.3 is 0 Å². The van der Waals surface area contributed by atoms with E-state index in [0.29, 0.717) is 0 Å². The van der Waals surface area contributed by atoms with Crippen molar-refractivity contribution >= 4 is 33.2 Å². The fourth-order valence-electron chi connectivity index (χ4n) is 3.13. The summed E-state index contributed by atoms with van der Waals surface area (Å²) in [4.78, 5) is 19.6. The molecule has 0 radical (unpaired) electrons. The van der Waals surface area contributed by atoms with E-state index in [1.54, 1.807) is 11.3 Å². The zero-order chi connectivity index (χ0) is 16.0. The fraction of sp³-hybridized carbons (Fsp3) is 0.263. The molecule has 0 saturated carbocycles. The first-order valence-corrected chi connectivity index (χ1v) is 8.78. The summed E-state index contributed by atoms with van der Waals surface area (Å²) in [6.45, 7) is 4.93. The monoisotopic (exact) mass is 322 g/mol. The molecule has 4 rings (SSSR count). The average molecular weight is 322 g/mol. The first-order valence-electron chi connectivity index (χ1n) is 7.96. The SMILES string of the molecule is CCc1cc2c(=O)n3c(nc2s1)/C(=C\c1cccc(C)c1)CC3. The Morgan fingerprint density at radius 2 is 2.22 bits per heavy atom. The summed E-state index contributed by atoms with van der Waals surface area (Å²) in [6, 6.07) is 10.4. The second-order valence-electron chi connectivity index (χ2n) is 6.01. The van der Waals surface area contributed by atoms with Crippen LogP contribution in [0.4, 0.5) is 0 Å². The molecule has 0 atom stereocenters. The van der Waals surface area contributed by atoms with Gasteiger partial charge in [0.25, 0.3) is 5.56 Å². The molecule has 0 N–H and O–H groups in total. The molecular weight excluding hydrogens is 304 g/mol. The van der Waals surface area contributed by atoms with Gasteiger partial charge in [0.15, 0.2) is 0 Å². The van der Waals surface area contributed by atoms with Gasteiger partial charge in [0, 0.05) is 11.4 Å². The van der Waals surface area contributed by atoms with Gasteiger partial charge in [0.1, 0.15) is 10.7 Å². The van der Waals surface area contributed by atoms with E-state index in [1.165, 1.54) is 16.0 Å². The lowest BCUT2D eigenvalue weighted by Gasteiger charge is -2.03. The molecule has 23 heavy (non-hydrogen) atoms. The van der Waals surface area contributed by atoms with Crippen LogP contribution >= 0.6 is 11.3 Å². The highest BCUT2D eigenvalue weighted by Gasteiger charge is 2.21. The van der Waals surface area contributed by atoms with Gasteiger partial charge in [-0.15, -0.1) is 11.3 Å². The molecule has 2 aromatic heterocycles. The molecule has 1 aliphatic heterocycles. The molecule has 0 amide bonds. The van der Waals surface area contributed by atoms with Gasteiger partial charge < -0.3 is 0 Å². The van der Waals surface area contributed by atoms with Crippen molar-refractivity contribution in [1.82, 2.24) is 9.55 Å². The third kappa shape index (κ3) is 2.43. The quantitative estimate of drug-likeness (QED) is 0.706. The number of aromatic nitrogens is 2. The van der Waals surface area contributed by atoms with Crippen LogP contribution in [0.25, 0.3) is 21.9 Å². The van der Waals surface area contributed by atoms with Crippen LogP contribution in [0.15, 0.2) is 35.1 Å². The lowest BCUT2D eigenvalue weighted by molar-refractivity contribution is 0.726. The number of nitrogens with zero attached hydrogens (tertiary/aromatic N) is 2. The van der Waals surface area contributed by atoms with Crippen LogP contribution in [0.2, 0.25) is 0 Å². The Balaban J connectivity index is 1.88. The van der Waals surface area contributed by atoms with Crippen LogP contribution in [-0.2, 0) is 13.0 Å². The topological polar surface area (TPSA) is 34.9 Å².